The number of anilines is 1. The maximum atomic E-state index is 12.2. The predicted octanol–water partition coefficient (Wildman–Crippen LogP) is 2.95. The number of furan rings is 1. The second-order valence-electron chi connectivity index (χ2n) is 4.12. The minimum atomic E-state index is -3.70. The number of halogens is 1. The van der Waals surface area contributed by atoms with E-state index in [0.717, 1.165) is 11.0 Å². The standard InChI is InChI=1S/C13H15BrN2O3S/c1-2-15-9-12-6-7-13(19-12)20(17,18)16-11-5-3-4-10(14)8-11/h3-8,15-16H,2,9H2,1H3. The van der Waals surface area contributed by atoms with Gasteiger partial charge in [-0.1, -0.05) is 28.9 Å². The molecule has 0 aliphatic heterocycles. The molecule has 2 rings (SSSR count). The van der Waals surface area contributed by atoms with E-state index in [0.29, 0.717) is 18.0 Å². The molecule has 0 radical (unpaired) electrons. The van der Waals surface area contributed by atoms with Crippen molar-refractivity contribution in [2.45, 2.75) is 18.6 Å². The lowest BCUT2D eigenvalue weighted by atomic mass is 10.3. The van der Waals surface area contributed by atoms with Crippen LogP contribution >= 0.6 is 15.9 Å². The van der Waals surface area contributed by atoms with Crippen LogP contribution in [0.3, 0.4) is 0 Å². The number of sulfonamides is 1. The molecule has 1 heterocycles. The Hall–Kier alpha value is -1.31. The van der Waals surface area contributed by atoms with Crippen LogP contribution in [-0.2, 0) is 16.6 Å². The lowest BCUT2D eigenvalue weighted by Gasteiger charge is -2.06. The van der Waals surface area contributed by atoms with E-state index in [-0.39, 0.29) is 5.09 Å². The molecule has 2 aromatic rings. The van der Waals surface area contributed by atoms with E-state index in [9.17, 15) is 8.42 Å². The smallest absolute Gasteiger partial charge is 0.295 e. The van der Waals surface area contributed by atoms with Gasteiger partial charge in [0, 0.05) is 4.47 Å². The number of benzene rings is 1. The SMILES string of the molecule is CCNCc1ccc(S(=O)(=O)Nc2cccc(Br)c2)o1. The number of nitrogens with one attached hydrogen (secondary N) is 2. The highest BCUT2D eigenvalue weighted by atomic mass is 79.9. The van der Waals surface area contributed by atoms with Gasteiger partial charge < -0.3 is 9.73 Å². The summed E-state index contributed by atoms with van der Waals surface area (Å²) in [7, 11) is -3.70. The molecule has 0 amide bonds. The fraction of sp³-hybridized carbons (Fsp3) is 0.231. The predicted molar refractivity (Wildman–Crippen MR) is 81.0 cm³/mol. The second-order valence-corrected chi connectivity index (χ2v) is 6.65. The van der Waals surface area contributed by atoms with Crippen molar-refractivity contribution in [3.8, 4) is 0 Å². The van der Waals surface area contributed by atoms with Crippen LogP contribution in [0.4, 0.5) is 5.69 Å². The minimum absolute atomic E-state index is 0.0922. The van der Waals surface area contributed by atoms with Gasteiger partial charge in [-0.05, 0) is 36.9 Å². The topological polar surface area (TPSA) is 71.3 Å². The molecule has 0 atom stereocenters. The largest absolute Gasteiger partial charge is 0.446 e. The first-order valence-corrected chi connectivity index (χ1v) is 8.36. The van der Waals surface area contributed by atoms with Crippen LogP contribution in [0.5, 0.6) is 0 Å². The lowest BCUT2D eigenvalue weighted by molar-refractivity contribution is 0.405. The van der Waals surface area contributed by atoms with Crippen LogP contribution < -0.4 is 10.0 Å². The average Bonchev–Trinajstić information content (AvgIpc) is 2.85. The van der Waals surface area contributed by atoms with Gasteiger partial charge in [-0.25, -0.2) is 0 Å². The normalized spacial score (nSPS) is 11.5. The van der Waals surface area contributed by atoms with Gasteiger partial charge in [0.2, 0.25) is 5.09 Å². The van der Waals surface area contributed by atoms with Crippen LogP contribution in [0.15, 0.2) is 50.4 Å². The van der Waals surface area contributed by atoms with Crippen LogP contribution in [0.2, 0.25) is 0 Å². The third-order valence-corrected chi connectivity index (χ3v) is 4.27. The van der Waals surface area contributed by atoms with Gasteiger partial charge in [-0.3, -0.25) is 4.72 Å². The molecule has 20 heavy (non-hydrogen) atoms. The summed E-state index contributed by atoms with van der Waals surface area (Å²) in [6, 6.07) is 10.0. The molecule has 1 aromatic heterocycles. The fourth-order valence-electron chi connectivity index (χ4n) is 1.60. The minimum Gasteiger partial charge on any atom is -0.446 e. The molecule has 5 nitrogen and oxygen atoms in total. The summed E-state index contributed by atoms with van der Waals surface area (Å²) in [5.74, 6) is 0.585. The maximum Gasteiger partial charge on any atom is 0.295 e. The lowest BCUT2D eigenvalue weighted by Crippen LogP contribution is -2.13. The van der Waals surface area contributed by atoms with Crippen molar-refractivity contribution in [1.29, 1.82) is 0 Å². The molecule has 1 aromatic carbocycles. The quantitative estimate of drug-likeness (QED) is 0.832. The number of hydrogen-bond donors (Lipinski definition) is 2. The van der Waals surface area contributed by atoms with E-state index in [1.54, 1.807) is 24.3 Å². The Morgan fingerprint density at radius 1 is 1.25 bits per heavy atom. The zero-order valence-corrected chi connectivity index (χ0v) is 13.3. The molecule has 2 N–H and O–H groups in total. The number of hydrogen-bond acceptors (Lipinski definition) is 4. The van der Waals surface area contributed by atoms with E-state index in [2.05, 4.69) is 26.0 Å². The summed E-state index contributed by atoms with van der Waals surface area (Å²) in [4.78, 5) is 0. The van der Waals surface area contributed by atoms with Crippen LogP contribution in [-0.4, -0.2) is 15.0 Å². The van der Waals surface area contributed by atoms with Crippen molar-refractivity contribution < 1.29 is 12.8 Å². The molecule has 0 aliphatic carbocycles. The second kappa shape index (κ2) is 6.43. The van der Waals surface area contributed by atoms with Gasteiger partial charge in [-0.2, -0.15) is 8.42 Å². The molecule has 7 heteroatoms. The molecule has 0 unspecified atom stereocenters. The molecule has 0 spiro atoms. The summed E-state index contributed by atoms with van der Waals surface area (Å²) in [5.41, 5.74) is 0.476. The van der Waals surface area contributed by atoms with Crippen molar-refractivity contribution in [3.63, 3.8) is 0 Å². The van der Waals surface area contributed by atoms with Crippen LogP contribution in [0.25, 0.3) is 0 Å². The van der Waals surface area contributed by atoms with Crippen LogP contribution in [0.1, 0.15) is 12.7 Å². The summed E-state index contributed by atoms with van der Waals surface area (Å²) >= 11 is 3.29. The van der Waals surface area contributed by atoms with E-state index >= 15 is 0 Å². The Morgan fingerprint density at radius 3 is 2.75 bits per heavy atom. The molecular formula is C13H15BrN2O3S. The Morgan fingerprint density at radius 2 is 2.05 bits per heavy atom. The Labute approximate surface area is 126 Å². The Kier molecular flexibility index (Phi) is 4.85. The third kappa shape index (κ3) is 3.84. The van der Waals surface area contributed by atoms with E-state index in [1.807, 2.05) is 13.0 Å². The van der Waals surface area contributed by atoms with Crippen molar-refractivity contribution in [2.24, 2.45) is 0 Å². The molecule has 0 saturated carbocycles. The highest BCUT2D eigenvalue weighted by Gasteiger charge is 2.18. The molecule has 0 aliphatic rings. The van der Waals surface area contributed by atoms with Gasteiger partial charge in [0.15, 0.2) is 0 Å². The van der Waals surface area contributed by atoms with Crippen molar-refractivity contribution in [2.75, 3.05) is 11.3 Å². The Balaban J connectivity index is 2.16. The highest BCUT2D eigenvalue weighted by Crippen LogP contribution is 2.21. The molecule has 0 fully saturated rings. The summed E-state index contributed by atoms with van der Waals surface area (Å²) in [5, 5.41) is 2.98. The van der Waals surface area contributed by atoms with Crippen LogP contribution in [0, 0.1) is 0 Å². The van der Waals surface area contributed by atoms with Gasteiger partial charge in [-0.15, -0.1) is 0 Å². The summed E-state index contributed by atoms with van der Waals surface area (Å²) in [6.45, 7) is 3.26. The average molecular weight is 359 g/mol. The van der Waals surface area contributed by atoms with Gasteiger partial charge in [0.1, 0.15) is 5.76 Å². The summed E-state index contributed by atoms with van der Waals surface area (Å²) < 4.78 is 32.9. The third-order valence-electron chi connectivity index (χ3n) is 2.53. The van der Waals surface area contributed by atoms with E-state index < -0.39 is 10.0 Å². The monoisotopic (exact) mass is 358 g/mol. The highest BCUT2D eigenvalue weighted by molar-refractivity contribution is 9.10. The fourth-order valence-corrected chi connectivity index (χ4v) is 3.00. The van der Waals surface area contributed by atoms with E-state index in [1.165, 1.54) is 6.07 Å². The first-order chi connectivity index (χ1) is 9.51. The van der Waals surface area contributed by atoms with Crippen molar-refractivity contribution in [1.82, 2.24) is 5.32 Å². The van der Waals surface area contributed by atoms with Crippen molar-refractivity contribution >= 4 is 31.6 Å². The zero-order valence-electron chi connectivity index (χ0n) is 10.9. The molecule has 0 bridgehead atoms. The molecule has 108 valence electrons. The number of rotatable bonds is 6. The first-order valence-electron chi connectivity index (χ1n) is 6.09. The summed E-state index contributed by atoms with van der Waals surface area (Å²) in [6.07, 6.45) is 0. The van der Waals surface area contributed by atoms with Gasteiger partial charge in [0.05, 0.1) is 12.2 Å². The van der Waals surface area contributed by atoms with Gasteiger partial charge >= 0.3 is 0 Å². The Bertz CT molecular complexity index is 682. The maximum absolute atomic E-state index is 12.2. The zero-order chi connectivity index (χ0) is 14.6. The molecule has 0 saturated heterocycles. The van der Waals surface area contributed by atoms with Crippen molar-refractivity contribution in [3.05, 3.63) is 46.6 Å². The molecular weight excluding hydrogens is 344 g/mol. The first kappa shape index (κ1) is 15.1. The van der Waals surface area contributed by atoms with Gasteiger partial charge in [0.25, 0.3) is 10.0 Å². The van der Waals surface area contributed by atoms with E-state index in [4.69, 9.17) is 4.42 Å².